The molecule has 0 bridgehead atoms. The average Bonchev–Trinajstić information content (AvgIpc) is 3.20. The third kappa shape index (κ3) is 3.91. The Hall–Kier alpha value is -1.38. The molecule has 1 saturated heterocycles. The molecule has 0 amide bonds. The van der Waals surface area contributed by atoms with Gasteiger partial charge in [0.05, 0.1) is 32.3 Å². The van der Waals surface area contributed by atoms with Crippen LogP contribution in [-0.4, -0.2) is 56.7 Å². The van der Waals surface area contributed by atoms with E-state index in [0.29, 0.717) is 30.2 Å². The second-order valence-corrected chi connectivity index (χ2v) is 7.29. The van der Waals surface area contributed by atoms with Crippen LogP contribution in [0.15, 0.2) is 12.7 Å². The van der Waals surface area contributed by atoms with Crippen LogP contribution in [0.3, 0.4) is 0 Å². The fourth-order valence-corrected chi connectivity index (χ4v) is 4.67. The van der Waals surface area contributed by atoms with Crippen LogP contribution in [0.1, 0.15) is 26.5 Å². The zero-order chi connectivity index (χ0) is 17.8. The molecular weight excluding hydrogens is 345 g/mol. The van der Waals surface area contributed by atoms with Gasteiger partial charge in [0, 0.05) is 6.16 Å². The maximum atomic E-state index is 9.71. The van der Waals surface area contributed by atoms with Gasteiger partial charge in [-0.25, -0.2) is 15.0 Å². The first-order valence-corrected chi connectivity index (χ1v) is 9.76. The predicted octanol–water partition coefficient (Wildman–Crippen LogP) is 1.69. The summed E-state index contributed by atoms with van der Waals surface area (Å²) in [4.78, 5) is 12.5. The molecule has 10 heteroatoms. The van der Waals surface area contributed by atoms with Gasteiger partial charge in [-0.2, -0.15) is 0 Å². The molecule has 0 radical (unpaired) electrons. The van der Waals surface area contributed by atoms with Crippen LogP contribution >= 0.6 is 8.38 Å². The monoisotopic (exact) mass is 369 g/mol. The van der Waals surface area contributed by atoms with Gasteiger partial charge in [0.2, 0.25) is 0 Å². The number of hydrogen-bond acceptors (Lipinski definition) is 8. The molecule has 25 heavy (non-hydrogen) atoms. The predicted molar refractivity (Wildman–Crippen MR) is 93.9 cm³/mol. The number of aromatic nitrogens is 4. The Balaban J connectivity index is 1.77. The van der Waals surface area contributed by atoms with Crippen molar-refractivity contribution in [3.8, 4) is 0 Å². The lowest BCUT2D eigenvalue weighted by Gasteiger charge is -2.21. The highest BCUT2D eigenvalue weighted by Gasteiger charge is 2.38. The molecule has 0 aromatic carbocycles. The lowest BCUT2D eigenvalue weighted by molar-refractivity contribution is -0.0277. The molecule has 1 aliphatic heterocycles. The minimum atomic E-state index is -0.982. The topological polar surface area (TPSA) is 118 Å². The van der Waals surface area contributed by atoms with E-state index in [-0.39, 0.29) is 24.9 Å². The number of hydrogen-bond donors (Lipinski definition) is 2. The zero-order valence-electron chi connectivity index (χ0n) is 14.4. The SMILES string of the molecule is CCOP(CC1C[C@H](n2cnc3c(N)ncnc32)O[C@@H]1CO)OCC. The molecule has 3 N–H and O–H groups in total. The summed E-state index contributed by atoms with van der Waals surface area (Å²) in [7, 11) is -0.982. The van der Waals surface area contributed by atoms with Gasteiger partial charge in [-0.15, -0.1) is 0 Å². The number of aliphatic hydroxyl groups is 1. The van der Waals surface area contributed by atoms with Gasteiger partial charge in [-0.1, -0.05) is 0 Å². The Bertz CT molecular complexity index is 694. The second-order valence-electron chi connectivity index (χ2n) is 5.74. The van der Waals surface area contributed by atoms with E-state index in [1.807, 2.05) is 18.4 Å². The molecule has 3 heterocycles. The highest BCUT2D eigenvalue weighted by Crippen LogP contribution is 2.46. The molecule has 2 aromatic rings. The number of fused-ring (bicyclic) bond motifs is 1. The maximum absolute atomic E-state index is 9.71. The minimum Gasteiger partial charge on any atom is -0.394 e. The van der Waals surface area contributed by atoms with Crippen molar-refractivity contribution in [1.82, 2.24) is 19.5 Å². The van der Waals surface area contributed by atoms with Gasteiger partial charge < -0.3 is 24.6 Å². The van der Waals surface area contributed by atoms with E-state index in [1.165, 1.54) is 6.33 Å². The first-order valence-electron chi connectivity index (χ1n) is 8.40. The van der Waals surface area contributed by atoms with Crippen LogP contribution in [0.2, 0.25) is 0 Å². The average molecular weight is 369 g/mol. The van der Waals surface area contributed by atoms with E-state index in [9.17, 15) is 5.11 Å². The third-order valence-corrected chi connectivity index (χ3v) is 6.03. The molecule has 3 rings (SSSR count). The Kier molecular flexibility index (Phi) is 6.14. The van der Waals surface area contributed by atoms with Gasteiger partial charge in [0.15, 0.2) is 19.8 Å². The van der Waals surface area contributed by atoms with E-state index < -0.39 is 8.38 Å². The van der Waals surface area contributed by atoms with E-state index in [0.717, 1.165) is 12.6 Å². The number of imidazole rings is 1. The summed E-state index contributed by atoms with van der Waals surface area (Å²) in [5, 5.41) is 9.71. The van der Waals surface area contributed by atoms with Gasteiger partial charge in [0.1, 0.15) is 18.1 Å². The lowest BCUT2D eigenvalue weighted by Crippen LogP contribution is -2.23. The van der Waals surface area contributed by atoms with Crippen molar-refractivity contribution < 1.29 is 18.9 Å². The van der Waals surface area contributed by atoms with Crippen LogP contribution in [0.5, 0.6) is 0 Å². The molecule has 2 aromatic heterocycles. The summed E-state index contributed by atoms with van der Waals surface area (Å²) >= 11 is 0. The van der Waals surface area contributed by atoms with Gasteiger partial charge in [-0.05, 0) is 26.2 Å². The summed E-state index contributed by atoms with van der Waals surface area (Å²) in [5.41, 5.74) is 7.03. The van der Waals surface area contributed by atoms with E-state index in [4.69, 9.17) is 19.5 Å². The lowest BCUT2D eigenvalue weighted by atomic mass is 10.0. The van der Waals surface area contributed by atoms with Crippen molar-refractivity contribution in [2.24, 2.45) is 5.92 Å². The number of rotatable bonds is 8. The van der Waals surface area contributed by atoms with Crippen LogP contribution < -0.4 is 5.73 Å². The number of nitrogens with two attached hydrogens (primary N) is 1. The van der Waals surface area contributed by atoms with E-state index in [1.54, 1.807) is 6.33 Å². The molecular formula is C15H24N5O4P. The number of aliphatic hydroxyl groups excluding tert-OH is 1. The Morgan fingerprint density at radius 3 is 2.76 bits per heavy atom. The van der Waals surface area contributed by atoms with Crippen molar-refractivity contribution >= 4 is 25.4 Å². The second kappa shape index (κ2) is 8.33. The van der Waals surface area contributed by atoms with Crippen molar-refractivity contribution in [3.63, 3.8) is 0 Å². The highest BCUT2D eigenvalue weighted by atomic mass is 31.2. The summed E-state index contributed by atoms with van der Waals surface area (Å²) in [6.45, 7) is 5.07. The summed E-state index contributed by atoms with van der Waals surface area (Å²) < 4.78 is 19.3. The Morgan fingerprint density at radius 2 is 2.08 bits per heavy atom. The van der Waals surface area contributed by atoms with Crippen molar-refractivity contribution in [2.75, 3.05) is 31.7 Å². The molecule has 3 atom stereocenters. The quantitative estimate of drug-likeness (QED) is 0.675. The Labute approximate surface area is 147 Å². The van der Waals surface area contributed by atoms with E-state index in [2.05, 4.69) is 15.0 Å². The summed E-state index contributed by atoms with van der Waals surface area (Å²) in [6.07, 6.45) is 3.98. The molecule has 0 aliphatic carbocycles. The molecule has 138 valence electrons. The van der Waals surface area contributed by atoms with Crippen molar-refractivity contribution in [3.05, 3.63) is 12.7 Å². The summed E-state index contributed by atoms with van der Waals surface area (Å²) in [5.74, 6) is 0.476. The number of nitrogen functional groups attached to an aromatic ring is 1. The molecule has 0 saturated carbocycles. The van der Waals surface area contributed by atoms with Gasteiger partial charge in [0.25, 0.3) is 0 Å². The van der Waals surface area contributed by atoms with Crippen LogP contribution in [0, 0.1) is 5.92 Å². The minimum absolute atomic E-state index is 0.0493. The standard InChI is InChI=1S/C15H24N5O4P/c1-3-22-25(23-4-2)7-10-5-12(24-11(10)6-21)20-9-19-13-14(16)17-8-18-15(13)20/h8-12,21H,3-7H2,1-2H3,(H2,16,17,18)/t10?,11-,12-/m1/s1. The number of ether oxygens (including phenoxy) is 1. The van der Waals surface area contributed by atoms with Crippen LogP contribution in [0.25, 0.3) is 11.2 Å². The number of anilines is 1. The normalized spacial score (nSPS) is 23.8. The Morgan fingerprint density at radius 1 is 1.32 bits per heavy atom. The fourth-order valence-electron chi connectivity index (χ4n) is 3.05. The molecule has 1 fully saturated rings. The zero-order valence-corrected chi connectivity index (χ0v) is 15.3. The summed E-state index contributed by atoms with van der Waals surface area (Å²) in [6, 6.07) is 0. The number of nitrogens with zero attached hydrogens (tertiary/aromatic N) is 4. The van der Waals surface area contributed by atoms with Crippen LogP contribution in [-0.2, 0) is 13.8 Å². The molecule has 0 spiro atoms. The van der Waals surface area contributed by atoms with Crippen molar-refractivity contribution in [2.45, 2.75) is 32.6 Å². The third-order valence-electron chi connectivity index (χ3n) is 4.17. The fraction of sp³-hybridized carbons (Fsp3) is 0.667. The smallest absolute Gasteiger partial charge is 0.170 e. The first kappa shape index (κ1) is 18.4. The molecule has 1 aliphatic rings. The molecule has 1 unspecified atom stereocenters. The maximum Gasteiger partial charge on any atom is 0.170 e. The first-order chi connectivity index (χ1) is 12.2. The van der Waals surface area contributed by atoms with E-state index >= 15 is 0 Å². The largest absolute Gasteiger partial charge is 0.394 e. The van der Waals surface area contributed by atoms with Crippen molar-refractivity contribution in [1.29, 1.82) is 0 Å². The highest BCUT2D eigenvalue weighted by molar-refractivity contribution is 7.47. The van der Waals surface area contributed by atoms with Gasteiger partial charge in [-0.3, -0.25) is 4.57 Å². The van der Waals surface area contributed by atoms with Crippen LogP contribution in [0.4, 0.5) is 5.82 Å². The molecule has 9 nitrogen and oxygen atoms in total. The van der Waals surface area contributed by atoms with Gasteiger partial charge >= 0.3 is 0 Å².